The van der Waals surface area contributed by atoms with E-state index >= 15 is 0 Å². The Kier molecular flexibility index (Phi) is 6.40. The van der Waals surface area contributed by atoms with Crippen LogP contribution in [0.2, 0.25) is 0 Å². The highest BCUT2D eigenvalue weighted by Crippen LogP contribution is 2.31. The third-order valence-corrected chi connectivity index (χ3v) is 4.25. The molecule has 2 rings (SSSR count). The van der Waals surface area contributed by atoms with Crippen molar-refractivity contribution in [3.8, 4) is 11.5 Å². The molecule has 0 atom stereocenters. The van der Waals surface area contributed by atoms with Crippen LogP contribution in [0.1, 0.15) is 15.9 Å². The standard InChI is InChI=1S/C16H14BrIN2O3/c1-22-14-8-15(23-2)13(17)7-11(14)9-19-20-16(21)10-4-3-5-12(18)6-10/h3-9H,1-2H3,(H,20,21). The van der Waals surface area contributed by atoms with Gasteiger partial charge in [0.2, 0.25) is 0 Å². The Hall–Kier alpha value is -1.61. The smallest absolute Gasteiger partial charge is 0.271 e. The van der Waals surface area contributed by atoms with E-state index in [1.165, 1.54) is 6.21 Å². The Morgan fingerprint density at radius 3 is 2.61 bits per heavy atom. The highest BCUT2D eigenvalue weighted by atomic mass is 127. The summed E-state index contributed by atoms with van der Waals surface area (Å²) in [5.74, 6) is 0.977. The molecule has 7 heteroatoms. The van der Waals surface area contributed by atoms with E-state index in [-0.39, 0.29) is 5.91 Å². The normalized spacial score (nSPS) is 10.6. The van der Waals surface area contributed by atoms with E-state index in [1.54, 1.807) is 38.5 Å². The number of carbonyl (C=O) groups is 1. The van der Waals surface area contributed by atoms with Crippen LogP contribution >= 0.6 is 38.5 Å². The van der Waals surface area contributed by atoms with Crippen molar-refractivity contribution in [2.75, 3.05) is 14.2 Å². The van der Waals surface area contributed by atoms with Crippen LogP contribution in [0.3, 0.4) is 0 Å². The van der Waals surface area contributed by atoms with Crippen molar-refractivity contribution in [2.24, 2.45) is 5.10 Å². The van der Waals surface area contributed by atoms with E-state index in [0.29, 0.717) is 22.6 Å². The molecule has 0 aliphatic carbocycles. The lowest BCUT2D eigenvalue weighted by Crippen LogP contribution is -2.17. The average Bonchev–Trinajstić information content (AvgIpc) is 2.55. The maximum Gasteiger partial charge on any atom is 0.271 e. The predicted molar refractivity (Wildman–Crippen MR) is 101 cm³/mol. The number of nitrogens with one attached hydrogen (secondary N) is 1. The molecule has 0 saturated heterocycles. The highest BCUT2D eigenvalue weighted by molar-refractivity contribution is 14.1. The number of hydrogen-bond donors (Lipinski definition) is 1. The second-order valence-electron chi connectivity index (χ2n) is 4.44. The van der Waals surface area contributed by atoms with Crippen LogP contribution in [0.4, 0.5) is 0 Å². The second kappa shape index (κ2) is 8.30. The first-order valence-corrected chi connectivity index (χ1v) is 8.43. The predicted octanol–water partition coefficient (Wildman–Crippen LogP) is 3.83. The molecular formula is C16H14BrIN2O3. The minimum absolute atomic E-state index is 0.272. The van der Waals surface area contributed by atoms with Crippen LogP contribution in [0.5, 0.6) is 11.5 Å². The van der Waals surface area contributed by atoms with E-state index in [4.69, 9.17) is 9.47 Å². The first kappa shape index (κ1) is 17.7. The van der Waals surface area contributed by atoms with Crippen molar-refractivity contribution < 1.29 is 14.3 Å². The zero-order valence-electron chi connectivity index (χ0n) is 12.5. The van der Waals surface area contributed by atoms with Crippen molar-refractivity contribution in [1.82, 2.24) is 5.43 Å². The Labute approximate surface area is 156 Å². The van der Waals surface area contributed by atoms with Gasteiger partial charge in [-0.05, 0) is 62.8 Å². The summed E-state index contributed by atoms with van der Waals surface area (Å²) in [6.45, 7) is 0. The molecule has 0 saturated carbocycles. The summed E-state index contributed by atoms with van der Waals surface area (Å²) < 4.78 is 12.3. The summed E-state index contributed by atoms with van der Waals surface area (Å²) in [5.41, 5.74) is 3.76. The van der Waals surface area contributed by atoms with Gasteiger partial charge in [-0.2, -0.15) is 5.10 Å². The number of nitrogens with zero attached hydrogens (tertiary/aromatic N) is 1. The highest BCUT2D eigenvalue weighted by Gasteiger charge is 2.08. The van der Waals surface area contributed by atoms with Gasteiger partial charge < -0.3 is 9.47 Å². The van der Waals surface area contributed by atoms with Crippen LogP contribution in [0.25, 0.3) is 0 Å². The molecule has 0 aromatic heterocycles. The maximum atomic E-state index is 12.0. The van der Waals surface area contributed by atoms with Gasteiger partial charge in [0.1, 0.15) is 11.5 Å². The molecular weight excluding hydrogens is 475 g/mol. The molecule has 0 bridgehead atoms. The Morgan fingerprint density at radius 2 is 1.96 bits per heavy atom. The van der Waals surface area contributed by atoms with E-state index < -0.39 is 0 Å². The second-order valence-corrected chi connectivity index (χ2v) is 6.54. The van der Waals surface area contributed by atoms with Crippen molar-refractivity contribution in [3.63, 3.8) is 0 Å². The van der Waals surface area contributed by atoms with E-state index in [2.05, 4.69) is 49.0 Å². The minimum Gasteiger partial charge on any atom is -0.496 e. The molecule has 0 fully saturated rings. The first-order chi connectivity index (χ1) is 11.0. The first-order valence-electron chi connectivity index (χ1n) is 6.55. The number of hydrazone groups is 1. The van der Waals surface area contributed by atoms with Crippen molar-refractivity contribution in [3.05, 3.63) is 55.6 Å². The van der Waals surface area contributed by atoms with E-state index in [9.17, 15) is 4.79 Å². The summed E-state index contributed by atoms with van der Waals surface area (Å²) in [5, 5.41) is 3.98. The van der Waals surface area contributed by atoms with Crippen molar-refractivity contribution in [2.45, 2.75) is 0 Å². The van der Waals surface area contributed by atoms with E-state index in [0.717, 1.165) is 8.04 Å². The van der Waals surface area contributed by atoms with Gasteiger partial charge in [-0.15, -0.1) is 0 Å². The molecule has 0 heterocycles. The van der Waals surface area contributed by atoms with E-state index in [1.807, 2.05) is 12.1 Å². The molecule has 0 spiro atoms. The minimum atomic E-state index is -0.272. The average molecular weight is 489 g/mol. The summed E-state index contributed by atoms with van der Waals surface area (Å²) >= 11 is 5.56. The SMILES string of the molecule is COc1cc(OC)c(C=NNC(=O)c2cccc(I)c2)cc1Br. The lowest BCUT2D eigenvalue weighted by atomic mass is 10.2. The number of hydrogen-bond acceptors (Lipinski definition) is 4. The van der Waals surface area contributed by atoms with Gasteiger partial charge in [0, 0.05) is 20.8 Å². The topological polar surface area (TPSA) is 59.9 Å². The number of amides is 1. The monoisotopic (exact) mass is 488 g/mol. The third-order valence-electron chi connectivity index (χ3n) is 2.96. The summed E-state index contributed by atoms with van der Waals surface area (Å²) in [7, 11) is 3.14. The number of carbonyl (C=O) groups excluding carboxylic acids is 1. The quantitative estimate of drug-likeness (QED) is 0.395. The van der Waals surface area contributed by atoms with Gasteiger partial charge >= 0.3 is 0 Å². The molecule has 1 amide bonds. The fourth-order valence-corrected chi connectivity index (χ4v) is 2.90. The molecule has 0 aliphatic heterocycles. The largest absolute Gasteiger partial charge is 0.496 e. The summed E-state index contributed by atoms with van der Waals surface area (Å²) in [6, 6.07) is 10.8. The lowest BCUT2D eigenvalue weighted by Gasteiger charge is -2.09. The van der Waals surface area contributed by atoms with Crippen molar-refractivity contribution >= 4 is 50.6 Å². The van der Waals surface area contributed by atoms with Crippen LogP contribution < -0.4 is 14.9 Å². The number of methoxy groups -OCH3 is 2. The number of benzene rings is 2. The molecule has 0 aliphatic rings. The molecule has 2 aromatic rings. The van der Waals surface area contributed by atoms with Crippen molar-refractivity contribution in [1.29, 1.82) is 0 Å². The fraction of sp³-hybridized carbons (Fsp3) is 0.125. The van der Waals surface area contributed by atoms with Crippen LogP contribution in [-0.4, -0.2) is 26.3 Å². The molecule has 2 aromatic carbocycles. The Morgan fingerprint density at radius 1 is 1.22 bits per heavy atom. The van der Waals surface area contributed by atoms with Crippen LogP contribution in [0.15, 0.2) is 46.0 Å². The zero-order chi connectivity index (χ0) is 16.8. The molecule has 1 N–H and O–H groups in total. The van der Waals surface area contributed by atoms with Crippen LogP contribution in [-0.2, 0) is 0 Å². The Balaban J connectivity index is 2.14. The summed E-state index contributed by atoms with van der Waals surface area (Å²) in [6.07, 6.45) is 1.52. The lowest BCUT2D eigenvalue weighted by molar-refractivity contribution is 0.0955. The van der Waals surface area contributed by atoms with Gasteiger partial charge in [-0.25, -0.2) is 5.43 Å². The molecule has 0 unspecified atom stereocenters. The van der Waals surface area contributed by atoms with Gasteiger partial charge in [-0.3, -0.25) is 4.79 Å². The van der Waals surface area contributed by atoms with Gasteiger partial charge in [0.05, 0.1) is 24.9 Å². The fourth-order valence-electron chi connectivity index (χ4n) is 1.84. The zero-order valence-corrected chi connectivity index (χ0v) is 16.2. The van der Waals surface area contributed by atoms with Gasteiger partial charge in [0.15, 0.2) is 0 Å². The molecule has 0 radical (unpaired) electrons. The van der Waals surface area contributed by atoms with Gasteiger partial charge in [-0.1, -0.05) is 6.07 Å². The number of ether oxygens (including phenoxy) is 2. The number of halogens is 2. The Bertz CT molecular complexity index is 750. The van der Waals surface area contributed by atoms with Crippen LogP contribution in [0, 0.1) is 3.57 Å². The number of rotatable bonds is 5. The third kappa shape index (κ3) is 4.68. The molecule has 23 heavy (non-hydrogen) atoms. The molecule has 5 nitrogen and oxygen atoms in total. The summed E-state index contributed by atoms with van der Waals surface area (Å²) in [4.78, 5) is 12.0. The maximum absolute atomic E-state index is 12.0. The van der Waals surface area contributed by atoms with Gasteiger partial charge in [0.25, 0.3) is 5.91 Å². The molecule has 120 valence electrons.